The van der Waals surface area contributed by atoms with Crippen LogP contribution in [0.15, 0.2) is 108 Å². The molecule has 2 heterocycles. The number of nitrogens with two attached hydrogens (primary N) is 1. The van der Waals surface area contributed by atoms with Crippen LogP contribution in [0.25, 0.3) is 0 Å². The summed E-state index contributed by atoms with van der Waals surface area (Å²) in [4.78, 5) is 33.9. The van der Waals surface area contributed by atoms with Gasteiger partial charge in [0.1, 0.15) is 0 Å². The highest BCUT2D eigenvalue weighted by Gasteiger charge is 2.36. The van der Waals surface area contributed by atoms with Crippen LogP contribution in [0.4, 0.5) is 10.5 Å². The maximum Gasteiger partial charge on any atom is 0.420 e. The first-order valence-electron chi connectivity index (χ1n) is 14.9. The molecule has 0 unspecified atom stereocenters. The Kier molecular flexibility index (Phi) is 11.6. The van der Waals surface area contributed by atoms with E-state index in [9.17, 15) is 9.59 Å². The van der Waals surface area contributed by atoms with E-state index in [0.29, 0.717) is 23.6 Å². The lowest BCUT2D eigenvalue weighted by atomic mass is 9.85. The molecular formula is C35H37ClN4O4S. The molecule has 45 heavy (non-hydrogen) atoms. The zero-order valence-corrected chi connectivity index (χ0v) is 26.6. The first-order chi connectivity index (χ1) is 21.9. The number of pyridine rings is 1. The standard InChI is InChI=1S/C35H37ClN4O4S/c1-43-35(42)40(34(41)33(37)32(25-9-3-2-4-10-25)26-11-7-19-38-20-26)31-12-6-5-8-24(31)13-16-28-21-39-22-29(44-28)23-45-30-17-14-27(36)15-18-30/h2-12,14-15,17-20,28-29,32-33,39H,13,16,21-23,37H2,1H3/t28-,29+,32+,33+/m1/s1. The van der Waals surface area contributed by atoms with E-state index in [-0.39, 0.29) is 12.2 Å². The molecule has 1 aromatic heterocycles. The van der Waals surface area contributed by atoms with E-state index in [2.05, 4.69) is 10.3 Å². The number of hydrogen-bond acceptors (Lipinski definition) is 8. The molecule has 0 radical (unpaired) electrons. The average Bonchev–Trinajstić information content (AvgIpc) is 3.08. The van der Waals surface area contributed by atoms with Crippen LogP contribution < -0.4 is 16.0 Å². The van der Waals surface area contributed by atoms with Gasteiger partial charge in [0.05, 0.1) is 31.0 Å². The van der Waals surface area contributed by atoms with Gasteiger partial charge in [-0.2, -0.15) is 0 Å². The van der Waals surface area contributed by atoms with Crippen LogP contribution in [0.1, 0.15) is 29.0 Å². The molecule has 0 saturated carbocycles. The van der Waals surface area contributed by atoms with Gasteiger partial charge < -0.3 is 20.5 Å². The number of imide groups is 1. The van der Waals surface area contributed by atoms with Gasteiger partial charge in [0, 0.05) is 47.1 Å². The quantitative estimate of drug-likeness (QED) is 0.189. The van der Waals surface area contributed by atoms with Crippen molar-refractivity contribution in [2.24, 2.45) is 5.73 Å². The highest BCUT2D eigenvalue weighted by atomic mass is 35.5. The van der Waals surface area contributed by atoms with Gasteiger partial charge in [-0.1, -0.05) is 66.2 Å². The minimum atomic E-state index is -1.09. The zero-order chi connectivity index (χ0) is 31.6. The normalized spacial score (nSPS) is 17.7. The Balaban J connectivity index is 1.31. The largest absolute Gasteiger partial charge is 0.452 e. The van der Waals surface area contributed by atoms with E-state index in [4.69, 9.17) is 26.8 Å². The summed E-state index contributed by atoms with van der Waals surface area (Å²) in [5.41, 5.74) is 9.61. The number of para-hydroxylation sites is 1. The number of rotatable bonds is 11. The van der Waals surface area contributed by atoms with E-state index < -0.39 is 24.0 Å². The summed E-state index contributed by atoms with van der Waals surface area (Å²) >= 11 is 7.75. The van der Waals surface area contributed by atoms with Crippen molar-refractivity contribution in [2.45, 2.75) is 41.9 Å². The van der Waals surface area contributed by atoms with Crippen molar-refractivity contribution < 1.29 is 19.1 Å². The van der Waals surface area contributed by atoms with E-state index in [1.165, 1.54) is 7.11 Å². The fraction of sp³-hybridized carbons (Fsp3) is 0.286. The molecule has 4 atom stereocenters. The number of nitrogens with zero attached hydrogens (tertiary/aromatic N) is 2. The molecule has 2 amide bonds. The molecule has 3 aromatic carbocycles. The zero-order valence-electron chi connectivity index (χ0n) is 25.1. The van der Waals surface area contributed by atoms with E-state index in [1.54, 1.807) is 42.4 Å². The van der Waals surface area contributed by atoms with Crippen LogP contribution in [-0.2, 0) is 20.7 Å². The van der Waals surface area contributed by atoms with Crippen molar-refractivity contribution >= 4 is 41.1 Å². The van der Waals surface area contributed by atoms with E-state index in [1.807, 2.05) is 72.8 Å². The number of morpholine rings is 1. The van der Waals surface area contributed by atoms with Crippen LogP contribution in [0, 0.1) is 0 Å². The topological polar surface area (TPSA) is 107 Å². The van der Waals surface area contributed by atoms with Gasteiger partial charge >= 0.3 is 6.09 Å². The SMILES string of the molecule is COC(=O)N(C(=O)[C@@H](N)[C@@H](c1ccccc1)c1cccnc1)c1ccccc1CC[C@@H]1CNC[C@@H](CSc2ccc(Cl)cc2)O1. The molecule has 1 fully saturated rings. The highest BCUT2D eigenvalue weighted by Crippen LogP contribution is 2.31. The predicted molar refractivity (Wildman–Crippen MR) is 179 cm³/mol. The van der Waals surface area contributed by atoms with Crippen LogP contribution in [0.3, 0.4) is 0 Å². The molecule has 0 bridgehead atoms. The van der Waals surface area contributed by atoms with Crippen LogP contribution in [0.5, 0.6) is 0 Å². The minimum absolute atomic E-state index is 0.0276. The Hall–Kier alpha value is -3.73. The summed E-state index contributed by atoms with van der Waals surface area (Å²) in [6.07, 6.45) is 3.87. The van der Waals surface area contributed by atoms with Gasteiger partial charge in [-0.3, -0.25) is 9.78 Å². The van der Waals surface area contributed by atoms with Crippen molar-refractivity contribution in [3.63, 3.8) is 0 Å². The number of ether oxygens (including phenoxy) is 2. The lowest BCUT2D eigenvalue weighted by Crippen LogP contribution is -2.50. The molecule has 10 heteroatoms. The van der Waals surface area contributed by atoms with Gasteiger partial charge in [0.15, 0.2) is 0 Å². The Morgan fingerprint density at radius 2 is 1.71 bits per heavy atom. The second-order valence-electron chi connectivity index (χ2n) is 10.8. The number of carbonyl (C=O) groups is 2. The number of anilines is 1. The Bertz CT molecular complexity index is 1510. The molecule has 234 valence electrons. The lowest BCUT2D eigenvalue weighted by Gasteiger charge is -2.32. The number of thioether (sulfide) groups is 1. The fourth-order valence-electron chi connectivity index (χ4n) is 5.54. The smallest absolute Gasteiger partial charge is 0.420 e. The number of aromatic nitrogens is 1. The number of carbonyl (C=O) groups excluding carboxylic acids is 2. The third-order valence-electron chi connectivity index (χ3n) is 7.77. The number of halogens is 1. The molecule has 1 saturated heterocycles. The number of hydrogen-bond donors (Lipinski definition) is 2. The maximum atomic E-state index is 14.2. The summed E-state index contributed by atoms with van der Waals surface area (Å²) in [6, 6.07) is 27.3. The van der Waals surface area contributed by atoms with Crippen molar-refractivity contribution in [1.29, 1.82) is 0 Å². The van der Waals surface area contributed by atoms with Gasteiger partial charge in [0.25, 0.3) is 5.91 Å². The molecule has 3 N–H and O–H groups in total. The fourth-order valence-corrected chi connectivity index (χ4v) is 6.57. The monoisotopic (exact) mass is 644 g/mol. The second kappa shape index (κ2) is 16.0. The molecule has 0 spiro atoms. The van der Waals surface area contributed by atoms with Crippen molar-refractivity contribution in [3.05, 3.63) is 125 Å². The number of nitrogens with one attached hydrogen (secondary N) is 1. The summed E-state index contributed by atoms with van der Waals surface area (Å²) in [5.74, 6) is -0.290. The Labute approximate surface area is 273 Å². The molecule has 8 nitrogen and oxygen atoms in total. The van der Waals surface area contributed by atoms with Gasteiger partial charge in [-0.25, -0.2) is 9.69 Å². The van der Waals surface area contributed by atoms with Crippen molar-refractivity contribution in [1.82, 2.24) is 10.3 Å². The van der Waals surface area contributed by atoms with Gasteiger partial charge in [-0.15, -0.1) is 11.8 Å². The second-order valence-corrected chi connectivity index (χ2v) is 12.3. The van der Waals surface area contributed by atoms with Crippen molar-refractivity contribution in [2.75, 3.05) is 30.9 Å². The van der Waals surface area contributed by atoms with E-state index >= 15 is 0 Å². The first-order valence-corrected chi connectivity index (χ1v) is 16.3. The minimum Gasteiger partial charge on any atom is -0.452 e. The van der Waals surface area contributed by atoms with Crippen molar-refractivity contribution in [3.8, 4) is 0 Å². The molecular weight excluding hydrogens is 608 g/mol. The first kappa shape index (κ1) is 32.7. The average molecular weight is 645 g/mol. The van der Waals surface area contributed by atoms with Crippen LogP contribution >= 0.6 is 23.4 Å². The number of methoxy groups -OCH3 is 1. The Morgan fingerprint density at radius 3 is 2.44 bits per heavy atom. The molecule has 0 aliphatic carbocycles. The Morgan fingerprint density at radius 1 is 1.00 bits per heavy atom. The van der Waals surface area contributed by atoms with E-state index in [0.717, 1.165) is 45.3 Å². The third kappa shape index (κ3) is 8.51. The van der Waals surface area contributed by atoms with Crippen LogP contribution in [-0.4, -0.2) is 61.2 Å². The molecule has 1 aliphatic rings. The highest BCUT2D eigenvalue weighted by molar-refractivity contribution is 7.99. The number of amides is 2. The van der Waals surface area contributed by atoms with Crippen LogP contribution in [0.2, 0.25) is 5.02 Å². The summed E-state index contributed by atoms with van der Waals surface area (Å²) in [7, 11) is 1.26. The predicted octanol–water partition coefficient (Wildman–Crippen LogP) is 6.08. The summed E-state index contributed by atoms with van der Waals surface area (Å²) in [6.45, 7) is 1.49. The third-order valence-corrected chi connectivity index (χ3v) is 9.17. The summed E-state index contributed by atoms with van der Waals surface area (Å²) < 4.78 is 11.5. The summed E-state index contributed by atoms with van der Waals surface area (Å²) in [5, 5.41) is 4.21. The van der Waals surface area contributed by atoms with Gasteiger partial charge in [-0.05, 0) is 65.9 Å². The number of benzene rings is 3. The number of aryl methyl sites for hydroxylation is 1. The molecule has 4 aromatic rings. The molecule has 5 rings (SSSR count). The lowest BCUT2D eigenvalue weighted by molar-refractivity contribution is -0.119. The van der Waals surface area contributed by atoms with Gasteiger partial charge in [0.2, 0.25) is 0 Å². The maximum absolute atomic E-state index is 14.2. The molecule has 1 aliphatic heterocycles.